The highest BCUT2D eigenvalue weighted by Gasteiger charge is 1.99. The Labute approximate surface area is 105 Å². The van der Waals surface area contributed by atoms with Crippen molar-refractivity contribution in [3.63, 3.8) is 0 Å². The van der Waals surface area contributed by atoms with Gasteiger partial charge in [0.25, 0.3) is 0 Å². The van der Waals surface area contributed by atoms with Gasteiger partial charge in [0.05, 0.1) is 29.5 Å². The third-order valence-corrected chi connectivity index (χ3v) is 2.43. The smallest absolute Gasteiger partial charge is 0.122 e. The third kappa shape index (κ3) is 2.98. The molecule has 0 fully saturated rings. The van der Waals surface area contributed by atoms with Crippen molar-refractivity contribution in [1.82, 2.24) is 9.97 Å². The number of nitrogens with two attached hydrogens (primary N) is 1. The maximum Gasteiger partial charge on any atom is 0.122 e. The number of rotatable bonds is 3. The van der Waals surface area contributed by atoms with E-state index in [1.165, 1.54) is 0 Å². The lowest BCUT2D eigenvalue weighted by Crippen LogP contribution is -2.11. The highest BCUT2D eigenvalue weighted by Crippen LogP contribution is 2.14. The summed E-state index contributed by atoms with van der Waals surface area (Å²) in [6.45, 7) is 1.95. The van der Waals surface area contributed by atoms with Crippen molar-refractivity contribution in [2.75, 3.05) is 5.32 Å². The lowest BCUT2D eigenvalue weighted by atomic mass is 10.3. The van der Waals surface area contributed by atoms with Crippen LogP contribution in [0.2, 0.25) is 0 Å². The second kappa shape index (κ2) is 4.88. The fourth-order valence-electron chi connectivity index (χ4n) is 1.32. The van der Waals surface area contributed by atoms with Gasteiger partial charge < -0.3 is 11.1 Å². The lowest BCUT2D eigenvalue weighted by molar-refractivity contribution is 1.20. The Balaban J connectivity index is 2.13. The monoisotopic (exact) mass is 244 g/mol. The Morgan fingerprint density at radius 1 is 1.12 bits per heavy atom. The first kappa shape index (κ1) is 11.5. The van der Waals surface area contributed by atoms with E-state index in [0.29, 0.717) is 10.7 Å². The largest absolute Gasteiger partial charge is 0.388 e. The second-order valence-corrected chi connectivity index (χ2v) is 4.05. The van der Waals surface area contributed by atoms with Crippen LogP contribution < -0.4 is 11.1 Å². The number of thiocarbonyl (C=S) groups is 1. The van der Waals surface area contributed by atoms with Crippen molar-refractivity contribution in [3.05, 3.63) is 48.0 Å². The van der Waals surface area contributed by atoms with Crippen molar-refractivity contribution in [1.29, 1.82) is 0 Å². The number of nitrogens with zero attached hydrogens (tertiary/aromatic N) is 2. The molecule has 3 N–H and O–H groups in total. The van der Waals surface area contributed by atoms with Crippen LogP contribution in [-0.4, -0.2) is 15.0 Å². The maximum absolute atomic E-state index is 5.47. The molecule has 0 aliphatic carbocycles. The molecule has 0 radical (unpaired) electrons. The zero-order valence-electron chi connectivity index (χ0n) is 9.34. The molecule has 86 valence electrons. The summed E-state index contributed by atoms with van der Waals surface area (Å²) in [7, 11) is 0. The Hall–Kier alpha value is -2.01. The highest BCUT2D eigenvalue weighted by molar-refractivity contribution is 7.80. The number of pyridine rings is 2. The van der Waals surface area contributed by atoms with E-state index in [1.807, 2.05) is 25.1 Å². The van der Waals surface area contributed by atoms with Crippen molar-refractivity contribution in [2.45, 2.75) is 6.92 Å². The summed E-state index contributed by atoms with van der Waals surface area (Å²) in [6.07, 6.45) is 3.46. The molecule has 2 aromatic rings. The summed E-state index contributed by atoms with van der Waals surface area (Å²) in [5.41, 5.74) is 8.86. The Morgan fingerprint density at radius 3 is 2.24 bits per heavy atom. The van der Waals surface area contributed by atoms with E-state index >= 15 is 0 Å². The number of hydrogen-bond acceptors (Lipinski definition) is 4. The molecular formula is C12H12N4S. The van der Waals surface area contributed by atoms with Crippen LogP contribution in [0.1, 0.15) is 11.4 Å². The van der Waals surface area contributed by atoms with Gasteiger partial charge in [0.1, 0.15) is 4.99 Å². The molecule has 0 aliphatic rings. The zero-order valence-corrected chi connectivity index (χ0v) is 10.2. The molecule has 2 heterocycles. The van der Waals surface area contributed by atoms with E-state index in [-0.39, 0.29) is 0 Å². The molecule has 0 saturated heterocycles. The maximum atomic E-state index is 5.47. The molecule has 4 nitrogen and oxygen atoms in total. The zero-order chi connectivity index (χ0) is 12.3. The summed E-state index contributed by atoms with van der Waals surface area (Å²) in [6, 6.07) is 7.57. The molecule has 0 spiro atoms. The first-order valence-corrected chi connectivity index (χ1v) is 5.51. The SMILES string of the molecule is Cc1ccc(Nc2ccc(C(N)=S)nc2)cn1. The van der Waals surface area contributed by atoms with Crippen molar-refractivity contribution in [3.8, 4) is 0 Å². The van der Waals surface area contributed by atoms with Crippen LogP contribution in [0.4, 0.5) is 11.4 Å². The molecule has 0 amide bonds. The van der Waals surface area contributed by atoms with Crippen LogP contribution in [0, 0.1) is 6.92 Å². The standard InChI is InChI=1S/C12H12N4S/c1-8-2-3-9(6-14-8)16-10-4-5-11(12(13)17)15-7-10/h2-7,16H,1H3,(H2,13,17). The minimum Gasteiger partial charge on any atom is -0.388 e. The molecule has 0 aliphatic heterocycles. The van der Waals surface area contributed by atoms with Crippen LogP contribution >= 0.6 is 12.2 Å². The van der Waals surface area contributed by atoms with Crippen LogP contribution in [0.3, 0.4) is 0 Å². The third-order valence-electron chi connectivity index (χ3n) is 2.22. The van der Waals surface area contributed by atoms with Crippen molar-refractivity contribution >= 4 is 28.6 Å². The molecule has 17 heavy (non-hydrogen) atoms. The predicted octanol–water partition coefficient (Wildman–Crippen LogP) is 2.16. The molecule has 2 rings (SSSR count). The summed E-state index contributed by atoms with van der Waals surface area (Å²) >= 11 is 4.83. The van der Waals surface area contributed by atoms with Gasteiger partial charge in [0.2, 0.25) is 0 Å². The second-order valence-electron chi connectivity index (χ2n) is 3.61. The number of nitrogens with one attached hydrogen (secondary N) is 1. The number of anilines is 2. The van der Waals surface area contributed by atoms with Gasteiger partial charge in [0, 0.05) is 5.69 Å². The molecule has 0 atom stereocenters. The summed E-state index contributed by atoms with van der Waals surface area (Å²) in [4.78, 5) is 8.64. The van der Waals surface area contributed by atoms with Gasteiger partial charge in [0.15, 0.2) is 0 Å². The van der Waals surface area contributed by atoms with Crippen LogP contribution in [0.15, 0.2) is 36.7 Å². The van der Waals surface area contributed by atoms with E-state index in [9.17, 15) is 0 Å². The van der Waals surface area contributed by atoms with E-state index in [1.54, 1.807) is 18.5 Å². The van der Waals surface area contributed by atoms with Gasteiger partial charge >= 0.3 is 0 Å². The summed E-state index contributed by atoms with van der Waals surface area (Å²) in [5.74, 6) is 0. The Bertz CT molecular complexity index is 519. The van der Waals surface area contributed by atoms with Gasteiger partial charge in [-0.3, -0.25) is 9.97 Å². The van der Waals surface area contributed by atoms with Crippen LogP contribution in [0.5, 0.6) is 0 Å². The van der Waals surface area contributed by atoms with Crippen molar-refractivity contribution < 1.29 is 0 Å². The average molecular weight is 244 g/mol. The number of aromatic nitrogens is 2. The van der Waals surface area contributed by atoms with Gasteiger partial charge in [-0.25, -0.2) is 0 Å². The Morgan fingerprint density at radius 2 is 1.76 bits per heavy atom. The Kier molecular flexibility index (Phi) is 3.30. The van der Waals surface area contributed by atoms with E-state index in [4.69, 9.17) is 18.0 Å². The minimum absolute atomic E-state index is 0.300. The quantitative estimate of drug-likeness (QED) is 0.810. The number of hydrogen-bond donors (Lipinski definition) is 2. The molecule has 5 heteroatoms. The molecule has 0 saturated carbocycles. The van der Waals surface area contributed by atoms with Gasteiger partial charge in [-0.1, -0.05) is 12.2 Å². The first-order valence-electron chi connectivity index (χ1n) is 5.11. The van der Waals surface area contributed by atoms with Gasteiger partial charge in [-0.15, -0.1) is 0 Å². The van der Waals surface area contributed by atoms with Gasteiger partial charge in [-0.05, 0) is 31.2 Å². The molecular weight excluding hydrogens is 232 g/mol. The average Bonchev–Trinajstić information content (AvgIpc) is 2.33. The molecule has 0 aromatic carbocycles. The molecule has 0 unspecified atom stereocenters. The van der Waals surface area contributed by atoms with Gasteiger partial charge in [-0.2, -0.15) is 0 Å². The fraction of sp³-hybridized carbons (Fsp3) is 0.0833. The minimum atomic E-state index is 0.300. The number of aryl methyl sites for hydroxylation is 1. The first-order chi connectivity index (χ1) is 8.15. The molecule has 0 bridgehead atoms. The lowest BCUT2D eigenvalue weighted by Gasteiger charge is -2.06. The molecule has 2 aromatic heterocycles. The highest BCUT2D eigenvalue weighted by atomic mass is 32.1. The fourth-order valence-corrected chi connectivity index (χ4v) is 1.44. The van der Waals surface area contributed by atoms with Crippen LogP contribution in [0.25, 0.3) is 0 Å². The van der Waals surface area contributed by atoms with E-state index in [0.717, 1.165) is 17.1 Å². The van der Waals surface area contributed by atoms with E-state index < -0.39 is 0 Å². The summed E-state index contributed by atoms with van der Waals surface area (Å²) < 4.78 is 0. The summed E-state index contributed by atoms with van der Waals surface area (Å²) in [5, 5.41) is 3.19. The normalized spacial score (nSPS) is 9.94. The van der Waals surface area contributed by atoms with Crippen molar-refractivity contribution in [2.24, 2.45) is 5.73 Å². The van der Waals surface area contributed by atoms with Crippen LogP contribution in [-0.2, 0) is 0 Å². The van der Waals surface area contributed by atoms with E-state index in [2.05, 4.69) is 15.3 Å². The topological polar surface area (TPSA) is 63.8 Å². The predicted molar refractivity (Wildman–Crippen MR) is 72.4 cm³/mol.